The van der Waals surface area contributed by atoms with Crippen LogP contribution in [0.5, 0.6) is 0 Å². The lowest BCUT2D eigenvalue weighted by molar-refractivity contribution is 0.256. The van der Waals surface area contributed by atoms with E-state index in [1.165, 1.54) is 0 Å². The monoisotopic (exact) mass is 327 g/mol. The summed E-state index contributed by atoms with van der Waals surface area (Å²) >= 11 is 0. The summed E-state index contributed by atoms with van der Waals surface area (Å²) in [7, 11) is -13.4. The van der Waals surface area contributed by atoms with Gasteiger partial charge in [0.1, 0.15) is 0 Å². The Bertz CT molecular complexity index is 441. The van der Waals surface area contributed by atoms with Gasteiger partial charge in [0.15, 0.2) is 0 Å². The van der Waals surface area contributed by atoms with E-state index in [0.29, 0.717) is 4.90 Å². The van der Waals surface area contributed by atoms with Crippen molar-refractivity contribution in [2.45, 2.75) is 11.9 Å². The molecular formula is C5H15NO9P2S. The highest BCUT2D eigenvalue weighted by atomic mass is 32.2. The SMILES string of the molecule is CN(CCCS(=O)(=O)O)C(P(=O)(O)O)P(=O)(O)O. The summed E-state index contributed by atoms with van der Waals surface area (Å²) in [6.45, 7) is -0.319. The van der Waals surface area contributed by atoms with Gasteiger partial charge < -0.3 is 19.6 Å². The first-order chi connectivity index (χ1) is 7.75. The molecule has 0 fully saturated rings. The van der Waals surface area contributed by atoms with Gasteiger partial charge in [-0.3, -0.25) is 18.6 Å². The summed E-state index contributed by atoms with van der Waals surface area (Å²) in [6.07, 6.45) is -0.230. The fourth-order valence-electron chi connectivity index (χ4n) is 1.32. The Balaban J connectivity index is 4.77. The van der Waals surface area contributed by atoms with Gasteiger partial charge in [-0.05, 0) is 13.5 Å². The maximum Gasteiger partial charge on any atom is 0.354 e. The molecular weight excluding hydrogens is 312 g/mol. The summed E-state index contributed by atoms with van der Waals surface area (Å²) in [5.41, 5.74) is -2.33. The minimum Gasteiger partial charge on any atom is -0.323 e. The molecule has 18 heavy (non-hydrogen) atoms. The maximum absolute atomic E-state index is 11.0. The third-order valence-electron chi connectivity index (χ3n) is 1.91. The lowest BCUT2D eigenvalue weighted by Gasteiger charge is -2.28. The van der Waals surface area contributed by atoms with Crippen LogP contribution in [-0.2, 0) is 19.2 Å². The molecule has 0 aromatic carbocycles. The van der Waals surface area contributed by atoms with Gasteiger partial charge in [0.2, 0.25) is 5.52 Å². The fraction of sp³-hybridized carbons (Fsp3) is 1.00. The van der Waals surface area contributed by atoms with Crippen LogP contribution in [0.4, 0.5) is 0 Å². The number of nitrogens with zero attached hydrogens (tertiary/aromatic N) is 1. The van der Waals surface area contributed by atoms with Gasteiger partial charge in [-0.1, -0.05) is 0 Å². The van der Waals surface area contributed by atoms with Crippen LogP contribution in [0.25, 0.3) is 0 Å². The van der Waals surface area contributed by atoms with E-state index in [0.717, 1.165) is 7.05 Å². The normalized spacial score (nSPS) is 14.4. The molecule has 0 aromatic rings. The third kappa shape index (κ3) is 6.93. The van der Waals surface area contributed by atoms with Gasteiger partial charge in [0.25, 0.3) is 10.1 Å². The minimum atomic E-state index is -5.08. The van der Waals surface area contributed by atoms with E-state index in [2.05, 4.69) is 0 Å². The van der Waals surface area contributed by atoms with Crippen molar-refractivity contribution in [1.82, 2.24) is 4.90 Å². The average Bonchev–Trinajstić information content (AvgIpc) is 1.93. The van der Waals surface area contributed by atoms with Gasteiger partial charge in [0, 0.05) is 6.54 Å². The van der Waals surface area contributed by atoms with E-state index in [1.807, 2.05) is 0 Å². The summed E-state index contributed by atoms with van der Waals surface area (Å²) in [5, 5.41) is 0. The van der Waals surface area contributed by atoms with Crippen LogP contribution in [-0.4, -0.2) is 62.3 Å². The molecule has 0 amide bonds. The first-order valence-corrected chi connectivity index (χ1v) is 9.48. The minimum absolute atomic E-state index is 0.230. The zero-order chi connectivity index (χ0) is 14.8. The van der Waals surface area contributed by atoms with E-state index in [4.69, 9.17) is 24.1 Å². The first kappa shape index (κ1) is 18.2. The van der Waals surface area contributed by atoms with Gasteiger partial charge in [-0.15, -0.1) is 0 Å². The molecule has 0 aromatic heterocycles. The van der Waals surface area contributed by atoms with Gasteiger partial charge in [-0.25, -0.2) is 0 Å². The van der Waals surface area contributed by atoms with Gasteiger partial charge in [-0.2, -0.15) is 8.42 Å². The molecule has 0 spiro atoms. The Labute approximate surface area is 104 Å². The van der Waals surface area contributed by atoms with E-state index < -0.39 is 36.6 Å². The van der Waals surface area contributed by atoms with E-state index >= 15 is 0 Å². The zero-order valence-corrected chi connectivity index (χ0v) is 11.9. The molecule has 110 valence electrons. The number of hydrogen-bond donors (Lipinski definition) is 5. The summed E-state index contributed by atoms with van der Waals surface area (Å²) in [4.78, 5) is 36.1. The Morgan fingerprint density at radius 2 is 1.50 bits per heavy atom. The molecule has 0 aliphatic rings. The van der Waals surface area contributed by atoms with Crippen LogP contribution < -0.4 is 0 Å². The summed E-state index contributed by atoms with van der Waals surface area (Å²) in [5.74, 6) is -0.674. The zero-order valence-electron chi connectivity index (χ0n) is 9.32. The highest BCUT2D eigenvalue weighted by Gasteiger charge is 2.46. The lowest BCUT2D eigenvalue weighted by atomic mass is 10.5. The average molecular weight is 327 g/mol. The van der Waals surface area contributed by atoms with Crippen molar-refractivity contribution in [2.24, 2.45) is 0 Å². The molecule has 0 heterocycles. The maximum atomic E-state index is 11.0. The smallest absolute Gasteiger partial charge is 0.323 e. The number of rotatable bonds is 7. The van der Waals surface area contributed by atoms with Crippen LogP contribution >= 0.6 is 15.2 Å². The second kappa shape index (κ2) is 6.08. The molecule has 13 heteroatoms. The molecule has 0 atom stereocenters. The van der Waals surface area contributed by atoms with Crippen molar-refractivity contribution in [3.8, 4) is 0 Å². The van der Waals surface area contributed by atoms with Crippen molar-refractivity contribution in [3.63, 3.8) is 0 Å². The lowest BCUT2D eigenvalue weighted by Crippen LogP contribution is -2.33. The van der Waals surface area contributed by atoms with Crippen molar-refractivity contribution in [1.29, 1.82) is 0 Å². The fourth-order valence-corrected chi connectivity index (χ4v) is 4.64. The highest BCUT2D eigenvalue weighted by Crippen LogP contribution is 2.60. The van der Waals surface area contributed by atoms with Crippen molar-refractivity contribution < 1.29 is 41.7 Å². The predicted molar refractivity (Wildman–Crippen MR) is 61.5 cm³/mol. The van der Waals surface area contributed by atoms with Crippen LogP contribution in [0.1, 0.15) is 6.42 Å². The van der Waals surface area contributed by atoms with E-state index in [9.17, 15) is 17.5 Å². The quantitative estimate of drug-likeness (QED) is 0.283. The Morgan fingerprint density at radius 3 is 1.78 bits per heavy atom. The standard InChI is InChI=1S/C5H15NO9P2S/c1-6(3-2-4-18(13,14)15)5(16(7,8)9)17(10,11)12/h5H,2-4H2,1H3,(H2,7,8,9)(H2,10,11,12)(H,13,14,15). The summed E-state index contributed by atoms with van der Waals surface area (Å²) in [6, 6.07) is 0. The van der Waals surface area contributed by atoms with E-state index in [-0.39, 0.29) is 13.0 Å². The Kier molecular flexibility index (Phi) is 6.14. The third-order valence-corrected chi connectivity index (χ3v) is 6.51. The molecule has 0 saturated heterocycles. The van der Waals surface area contributed by atoms with Crippen molar-refractivity contribution >= 4 is 25.3 Å². The van der Waals surface area contributed by atoms with Gasteiger partial charge in [0.05, 0.1) is 5.75 Å². The van der Waals surface area contributed by atoms with Crippen molar-refractivity contribution in [3.05, 3.63) is 0 Å². The van der Waals surface area contributed by atoms with Crippen molar-refractivity contribution in [2.75, 3.05) is 19.3 Å². The molecule has 0 bridgehead atoms. The Morgan fingerprint density at radius 1 is 1.11 bits per heavy atom. The topological polar surface area (TPSA) is 173 Å². The van der Waals surface area contributed by atoms with Crippen LogP contribution in [0, 0.1) is 0 Å². The van der Waals surface area contributed by atoms with Gasteiger partial charge >= 0.3 is 15.2 Å². The molecule has 0 aliphatic heterocycles. The largest absolute Gasteiger partial charge is 0.354 e. The predicted octanol–water partition coefficient (Wildman–Crippen LogP) is -1.16. The first-order valence-electron chi connectivity index (χ1n) is 4.51. The molecule has 5 N–H and O–H groups in total. The molecule has 0 rings (SSSR count). The van der Waals surface area contributed by atoms with Crippen LogP contribution in [0.15, 0.2) is 0 Å². The highest BCUT2D eigenvalue weighted by molar-refractivity contribution is 7.85. The van der Waals surface area contributed by atoms with E-state index in [1.54, 1.807) is 0 Å². The molecule has 0 saturated carbocycles. The second-order valence-corrected chi connectivity index (χ2v) is 8.96. The Hall–Kier alpha value is 0.170. The molecule has 0 aliphatic carbocycles. The summed E-state index contributed by atoms with van der Waals surface area (Å²) < 4.78 is 51.2. The number of hydrogen-bond acceptors (Lipinski definition) is 5. The molecule has 0 unspecified atom stereocenters. The molecule has 10 nitrogen and oxygen atoms in total. The van der Waals surface area contributed by atoms with Crippen LogP contribution in [0.2, 0.25) is 0 Å². The second-order valence-electron chi connectivity index (χ2n) is 3.64. The van der Waals surface area contributed by atoms with Crippen LogP contribution in [0.3, 0.4) is 0 Å². The molecule has 0 radical (unpaired) electrons.